The van der Waals surface area contributed by atoms with Crippen molar-refractivity contribution in [1.29, 1.82) is 0 Å². The molecule has 0 spiro atoms. The highest BCUT2D eigenvalue weighted by molar-refractivity contribution is 7.89. The van der Waals surface area contributed by atoms with E-state index in [4.69, 9.17) is 18.0 Å². The van der Waals surface area contributed by atoms with Gasteiger partial charge < -0.3 is 5.73 Å². The fourth-order valence-electron chi connectivity index (χ4n) is 2.08. The number of rotatable bonds is 5. The number of halogens is 2. The van der Waals surface area contributed by atoms with Crippen molar-refractivity contribution < 1.29 is 17.2 Å². The van der Waals surface area contributed by atoms with Crippen LogP contribution >= 0.6 is 12.2 Å². The molecule has 1 unspecified atom stereocenters. The first-order chi connectivity index (χ1) is 7.84. The molecule has 4 nitrogen and oxygen atoms in total. The van der Waals surface area contributed by atoms with Crippen LogP contribution in [-0.2, 0) is 10.0 Å². The lowest BCUT2D eigenvalue weighted by atomic mass is 9.84. The maximum atomic E-state index is 12.3. The van der Waals surface area contributed by atoms with Crippen LogP contribution in [0.15, 0.2) is 0 Å². The van der Waals surface area contributed by atoms with E-state index >= 15 is 0 Å². The van der Waals surface area contributed by atoms with Crippen molar-refractivity contribution in [2.45, 2.75) is 43.9 Å². The van der Waals surface area contributed by atoms with Crippen LogP contribution in [0.5, 0.6) is 0 Å². The smallest absolute Gasteiger partial charge is 0.350 e. The minimum Gasteiger partial charge on any atom is -0.392 e. The van der Waals surface area contributed by atoms with Crippen LogP contribution in [0, 0.1) is 5.92 Å². The van der Waals surface area contributed by atoms with Crippen molar-refractivity contribution in [2.24, 2.45) is 11.7 Å². The van der Waals surface area contributed by atoms with Crippen LogP contribution in [0.2, 0.25) is 0 Å². The molecule has 0 bridgehead atoms. The van der Waals surface area contributed by atoms with Crippen molar-refractivity contribution >= 4 is 27.2 Å². The second-order valence-corrected chi connectivity index (χ2v) is 6.36. The summed E-state index contributed by atoms with van der Waals surface area (Å²) in [6.07, 6.45) is 4.48. The zero-order chi connectivity index (χ0) is 13.1. The van der Waals surface area contributed by atoms with Crippen LogP contribution in [-0.4, -0.2) is 25.2 Å². The normalized spacial score (nSPS) is 20.4. The first kappa shape index (κ1) is 14.7. The van der Waals surface area contributed by atoms with E-state index in [1.165, 1.54) is 0 Å². The predicted molar refractivity (Wildman–Crippen MR) is 65.2 cm³/mol. The second kappa shape index (κ2) is 6.01. The molecule has 1 atom stereocenters. The van der Waals surface area contributed by atoms with Gasteiger partial charge >= 0.3 is 5.76 Å². The van der Waals surface area contributed by atoms with Gasteiger partial charge in [-0.2, -0.15) is 8.78 Å². The van der Waals surface area contributed by atoms with Crippen molar-refractivity contribution in [3.05, 3.63) is 0 Å². The van der Waals surface area contributed by atoms with Crippen molar-refractivity contribution in [3.63, 3.8) is 0 Å². The molecule has 0 aliphatic heterocycles. The van der Waals surface area contributed by atoms with E-state index < -0.39 is 21.8 Å². The third kappa shape index (κ3) is 4.11. The van der Waals surface area contributed by atoms with Gasteiger partial charge in [-0.1, -0.05) is 31.5 Å². The monoisotopic (exact) mass is 286 g/mol. The standard InChI is InChI=1S/C9H16F2N2O2S2/c10-9(11)17(14,15)13-7(8(12)16)6-4-2-1-3-5-6/h6-7,9,13H,1-5H2,(H2,12,16). The summed E-state index contributed by atoms with van der Waals surface area (Å²) in [7, 11) is -4.64. The van der Waals surface area contributed by atoms with Crippen LogP contribution in [0.25, 0.3) is 0 Å². The molecular formula is C9H16F2N2O2S2. The Morgan fingerprint density at radius 2 is 1.82 bits per heavy atom. The van der Waals surface area contributed by atoms with Crippen LogP contribution < -0.4 is 10.5 Å². The molecule has 100 valence electrons. The molecule has 0 aromatic heterocycles. The Morgan fingerprint density at radius 1 is 1.29 bits per heavy atom. The van der Waals surface area contributed by atoms with Gasteiger partial charge in [-0.25, -0.2) is 13.1 Å². The van der Waals surface area contributed by atoms with Crippen molar-refractivity contribution in [3.8, 4) is 0 Å². The third-order valence-electron chi connectivity index (χ3n) is 2.95. The molecule has 17 heavy (non-hydrogen) atoms. The Morgan fingerprint density at radius 3 is 2.24 bits per heavy atom. The van der Waals surface area contributed by atoms with E-state index in [2.05, 4.69) is 0 Å². The van der Waals surface area contributed by atoms with E-state index in [0.29, 0.717) is 0 Å². The largest absolute Gasteiger partial charge is 0.392 e. The fourth-order valence-corrected chi connectivity index (χ4v) is 3.18. The summed E-state index contributed by atoms with van der Waals surface area (Å²) in [5.74, 6) is -3.53. The Kier molecular flexibility index (Phi) is 5.21. The molecule has 0 amide bonds. The number of alkyl halides is 2. The fraction of sp³-hybridized carbons (Fsp3) is 0.889. The number of hydrogen-bond acceptors (Lipinski definition) is 3. The molecular weight excluding hydrogens is 270 g/mol. The van der Waals surface area contributed by atoms with E-state index in [0.717, 1.165) is 32.1 Å². The molecule has 0 saturated heterocycles. The van der Waals surface area contributed by atoms with Gasteiger partial charge in [0.15, 0.2) is 0 Å². The van der Waals surface area contributed by atoms with Crippen molar-refractivity contribution in [2.75, 3.05) is 0 Å². The quantitative estimate of drug-likeness (QED) is 0.749. The zero-order valence-electron chi connectivity index (χ0n) is 9.23. The molecule has 0 aromatic carbocycles. The van der Waals surface area contributed by atoms with Crippen molar-refractivity contribution in [1.82, 2.24) is 4.72 Å². The number of nitrogens with two attached hydrogens (primary N) is 1. The van der Waals surface area contributed by atoms with Gasteiger partial charge in [0.2, 0.25) is 0 Å². The van der Waals surface area contributed by atoms with Crippen LogP contribution in [0.1, 0.15) is 32.1 Å². The molecule has 0 heterocycles. The molecule has 1 rings (SSSR count). The topological polar surface area (TPSA) is 72.2 Å². The van der Waals surface area contributed by atoms with E-state index in [1.807, 2.05) is 4.72 Å². The lowest BCUT2D eigenvalue weighted by Gasteiger charge is -2.29. The Balaban J connectivity index is 2.76. The molecule has 1 saturated carbocycles. The number of nitrogens with one attached hydrogen (secondary N) is 1. The molecule has 0 radical (unpaired) electrons. The summed E-state index contributed by atoms with van der Waals surface area (Å²) >= 11 is 4.76. The Labute approximate surface area is 105 Å². The molecule has 1 aliphatic carbocycles. The summed E-state index contributed by atoms with van der Waals surface area (Å²) in [5, 5.41) is 0. The maximum absolute atomic E-state index is 12.3. The zero-order valence-corrected chi connectivity index (χ0v) is 10.9. The van der Waals surface area contributed by atoms with Gasteiger partial charge in [0.05, 0.1) is 11.0 Å². The van der Waals surface area contributed by atoms with Gasteiger partial charge in [0, 0.05) is 0 Å². The van der Waals surface area contributed by atoms with E-state index in [-0.39, 0.29) is 10.9 Å². The predicted octanol–water partition coefficient (Wildman–Crippen LogP) is 1.36. The molecule has 1 aliphatic rings. The third-order valence-corrected chi connectivity index (χ3v) is 4.26. The van der Waals surface area contributed by atoms with E-state index in [9.17, 15) is 17.2 Å². The number of thiocarbonyl (C=S) groups is 1. The highest BCUT2D eigenvalue weighted by Gasteiger charge is 2.33. The summed E-state index contributed by atoms with van der Waals surface area (Å²) in [5.41, 5.74) is 5.43. The lowest BCUT2D eigenvalue weighted by Crippen LogP contribution is -2.50. The second-order valence-electron chi connectivity index (χ2n) is 4.20. The SMILES string of the molecule is NC(=S)C(NS(=O)(=O)C(F)F)C1CCCCC1. The van der Waals surface area contributed by atoms with Crippen LogP contribution in [0.4, 0.5) is 8.78 Å². The number of hydrogen-bond donors (Lipinski definition) is 2. The summed E-state index contributed by atoms with van der Waals surface area (Å²) in [6.45, 7) is 0. The average molecular weight is 286 g/mol. The van der Waals surface area contributed by atoms with Gasteiger partial charge in [-0.3, -0.25) is 0 Å². The Hall–Kier alpha value is -0.340. The minimum atomic E-state index is -4.64. The van der Waals surface area contributed by atoms with Crippen LogP contribution in [0.3, 0.4) is 0 Å². The first-order valence-corrected chi connectivity index (χ1v) is 7.38. The van der Waals surface area contributed by atoms with Gasteiger partial charge in [0.1, 0.15) is 0 Å². The maximum Gasteiger partial charge on any atom is 0.350 e. The molecule has 3 N–H and O–H groups in total. The highest BCUT2D eigenvalue weighted by Crippen LogP contribution is 2.27. The minimum absolute atomic E-state index is 0.0684. The lowest BCUT2D eigenvalue weighted by molar-refractivity contribution is 0.229. The average Bonchev–Trinajstić information content (AvgIpc) is 2.26. The molecule has 0 aromatic rings. The highest BCUT2D eigenvalue weighted by atomic mass is 32.2. The van der Waals surface area contributed by atoms with Gasteiger partial charge in [0.25, 0.3) is 10.0 Å². The van der Waals surface area contributed by atoms with E-state index in [1.54, 1.807) is 0 Å². The first-order valence-electron chi connectivity index (χ1n) is 5.43. The summed E-state index contributed by atoms with van der Waals surface area (Å²) < 4.78 is 48.7. The van der Waals surface area contributed by atoms with Gasteiger partial charge in [-0.05, 0) is 18.8 Å². The summed E-state index contributed by atoms with van der Waals surface area (Å²) in [6, 6.07) is -0.857. The molecule has 8 heteroatoms. The number of sulfonamides is 1. The Bertz CT molecular complexity index is 367. The molecule has 1 fully saturated rings. The van der Waals surface area contributed by atoms with Gasteiger partial charge in [-0.15, -0.1) is 0 Å². The summed E-state index contributed by atoms with van der Waals surface area (Å²) in [4.78, 5) is -0.0684.